The third kappa shape index (κ3) is 2.19. The first-order chi connectivity index (χ1) is 9.31. The molecule has 0 saturated heterocycles. The summed E-state index contributed by atoms with van der Waals surface area (Å²) >= 11 is 1.70. The third-order valence-electron chi connectivity index (χ3n) is 3.21. The van der Waals surface area contributed by atoms with E-state index in [-0.39, 0.29) is 0 Å². The van der Waals surface area contributed by atoms with Crippen molar-refractivity contribution in [2.45, 2.75) is 19.9 Å². The van der Waals surface area contributed by atoms with Gasteiger partial charge in [0.2, 0.25) is 0 Å². The van der Waals surface area contributed by atoms with Crippen LogP contribution in [0.5, 0.6) is 0 Å². The van der Waals surface area contributed by atoms with Gasteiger partial charge in [-0.2, -0.15) is 0 Å². The Bertz CT molecular complexity index is 727. The van der Waals surface area contributed by atoms with E-state index in [1.807, 2.05) is 30.5 Å². The van der Waals surface area contributed by atoms with Crippen molar-refractivity contribution in [3.8, 4) is 0 Å². The Hall–Kier alpha value is -1.94. The van der Waals surface area contributed by atoms with Gasteiger partial charge in [0.15, 0.2) is 6.29 Å². The minimum atomic E-state index is 0.740. The molecule has 0 aliphatic heterocycles. The molecule has 3 aromatic rings. The Morgan fingerprint density at radius 1 is 1.37 bits per heavy atom. The maximum atomic E-state index is 11.0. The first-order valence-corrected chi connectivity index (χ1v) is 7.16. The lowest BCUT2D eigenvalue weighted by molar-refractivity contribution is 0.112. The summed E-state index contributed by atoms with van der Waals surface area (Å²) in [5.74, 6) is 0. The number of aryl methyl sites for hydroxylation is 1. The van der Waals surface area contributed by atoms with E-state index in [0.29, 0.717) is 0 Å². The average Bonchev–Trinajstić information content (AvgIpc) is 3.06. The van der Waals surface area contributed by atoms with Gasteiger partial charge in [-0.1, -0.05) is 19.1 Å². The van der Waals surface area contributed by atoms with Crippen molar-refractivity contribution in [2.75, 3.05) is 0 Å². The Morgan fingerprint density at radius 3 is 3.00 bits per heavy atom. The van der Waals surface area contributed by atoms with Crippen molar-refractivity contribution in [1.29, 1.82) is 0 Å². The van der Waals surface area contributed by atoms with Crippen LogP contribution in [0.1, 0.15) is 28.0 Å². The fourth-order valence-electron chi connectivity index (χ4n) is 2.25. The van der Waals surface area contributed by atoms with E-state index < -0.39 is 0 Å². The molecule has 3 rings (SSSR count). The first kappa shape index (κ1) is 12.1. The van der Waals surface area contributed by atoms with E-state index in [2.05, 4.69) is 21.9 Å². The highest BCUT2D eigenvalue weighted by molar-refractivity contribution is 7.09. The van der Waals surface area contributed by atoms with Gasteiger partial charge in [0, 0.05) is 28.0 Å². The summed E-state index contributed by atoms with van der Waals surface area (Å²) < 4.78 is 2.14. The topological polar surface area (TPSA) is 34.9 Å². The van der Waals surface area contributed by atoms with E-state index in [1.165, 1.54) is 5.01 Å². The molecular weight excluding hydrogens is 256 g/mol. The molecule has 2 aromatic heterocycles. The fourth-order valence-corrected chi connectivity index (χ4v) is 2.98. The lowest BCUT2D eigenvalue weighted by Crippen LogP contribution is -1.98. The Balaban J connectivity index is 1.99. The molecule has 0 N–H and O–H groups in total. The Morgan fingerprint density at radius 2 is 2.26 bits per heavy atom. The molecule has 0 fully saturated rings. The van der Waals surface area contributed by atoms with E-state index in [1.54, 1.807) is 11.3 Å². The van der Waals surface area contributed by atoms with Gasteiger partial charge in [-0.05, 0) is 18.6 Å². The fraction of sp³-hybridized carbons (Fsp3) is 0.200. The minimum absolute atomic E-state index is 0.740. The Labute approximate surface area is 115 Å². The largest absolute Gasteiger partial charge is 0.341 e. The molecular formula is C15H14N2OS. The maximum Gasteiger partial charge on any atom is 0.150 e. The second-order valence-corrected chi connectivity index (χ2v) is 5.37. The summed E-state index contributed by atoms with van der Waals surface area (Å²) in [7, 11) is 0. The third-order valence-corrected chi connectivity index (χ3v) is 4.25. The van der Waals surface area contributed by atoms with Crippen LogP contribution in [0.2, 0.25) is 0 Å². The zero-order chi connectivity index (χ0) is 13.2. The molecule has 0 bridgehead atoms. The lowest BCUT2D eigenvalue weighted by Gasteiger charge is -2.03. The highest BCUT2D eigenvalue weighted by atomic mass is 32.1. The van der Waals surface area contributed by atoms with Crippen LogP contribution in [0.15, 0.2) is 35.8 Å². The first-order valence-electron chi connectivity index (χ1n) is 6.28. The van der Waals surface area contributed by atoms with Crippen LogP contribution >= 0.6 is 11.3 Å². The van der Waals surface area contributed by atoms with E-state index in [0.717, 1.165) is 41.4 Å². The molecule has 19 heavy (non-hydrogen) atoms. The van der Waals surface area contributed by atoms with Gasteiger partial charge in [-0.15, -0.1) is 11.3 Å². The predicted octanol–water partition coefficient (Wildman–Crippen LogP) is 3.52. The number of nitrogens with zero attached hydrogens (tertiary/aromatic N) is 2. The highest BCUT2D eigenvalue weighted by Gasteiger charge is 2.07. The molecule has 0 aliphatic rings. The number of hydrogen-bond acceptors (Lipinski definition) is 3. The summed E-state index contributed by atoms with van der Waals surface area (Å²) in [6.07, 6.45) is 3.90. The molecule has 0 spiro atoms. The summed E-state index contributed by atoms with van der Waals surface area (Å²) in [6.45, 7) is 2.87. The van der Waals surface area contributed by atoms with Crippen LogP contribution < -0.4 is 0 Å². The maximum absolute atomic E-state index is 11.0. The smallest absolute Gasteiger partial charge is 0.150 e. The zero-order valence-electron chi connectivity index (χ0n) is 10.7. The van der Waals surface area contributed by atoms with Crippen LogP contribution in [-0.4, -0.2) is 15.8 Å². The molecule has 0 unspecified atom stereocenters. The normalized spacial score (nSPS) is 11.0. The van der Waals surface area contributed by atoms with Crippen molar-refractivity contribution >= 4 is 28.5 Å². The molecule has 1 aromatic carbocycles. The van der Waals surface area contributed by atoms with Crippen molar-refractivity contribution in [1.82, 2.24) is 9.55 Å². The summed E-state index contributed by atoms with van der Waals surface area (Å²) in [5.41, 5.74) is 2.90. The van der Waals surface area contributed by atoms with Gasteiger partial charge in [0.1, 0.15) is 0 Å². The average molecular weight is 270 g/mol. The molecule has 3 nitrogen and oxygen atoms in total. The van der Waals surface area contributed by atoms with Crippen molar-refractivity contribution in [2.24, 2.45) is 0 Å². The quantitative estimate of drug-likeness (QED) is 0.680. The molecule has 0 radical (unpaired) electrons. The second-order valence-electron chi connectivity index (χ2n) is 4.43. The summed E-state index contributed by atoms with van der Waals surface area (Å²) in [6, 6.07) is 7.79. The standard InChI is InChI=1S/C15H14N2OS/c1-2-15-16-12(10-19-15)8-17-7-6-13-11(9-18)4-3-5-14(13)17/h3-7,9-10H,2,8H2,1H3. The van der Waals surface area contributed by atoms with Gasteiger partial charge >= 0.3 is 0 Å². The van der Waals surface area contributed by atoms with Crippen LogP contribution in [0, 0.1) is 0 Å². The molecule has 0 amide bonds. The number of aldehydes is 1. The van der Waals surface area contributed by atoms with Gasteiger partial charge in [0.25, 0.3) is 0 Å². The second kappa shape index (κ2) is 4.97. The highest BCUT2D eigenvalue weighted by Crippen LogP contribution is 2.21. The van der Waals surface area contributed by atoms with Gasteiger partial charge in [-0.3, -0.25) is 4.79 Å². The molecule has 96 valence electrons. The number of thiazole rings is 1. The zero-order valence-corrected chi connectivity index (χ0v) is 11.5. The van der Waals surface area contributed by atoms with E-state index in [4.69, 9.17) is 0 Å². The predicted molar refractivity (Wildman–Crippen MR) is 77.9 cm³/mol. The molecule has 2 heterocycles. The number of fused-ring (bicyclic) bond motifs is 1. The monoisotopic (exact) mass is 270 g/mol. The summed E-state index contributed by atoms with van der Waals surface area (Å²) in [4.78, 5) is 15.6. The van der Waals surface area contributed by atoms with Gasteiger partial charge in [-0.25, -0.2) is 4.98 Å². The van der Waals surface area contributed by atoms with E-state index >= 15 is 0 Å². The van der Waals surface area contributed by atoms with Crippen LogP contribution in [0.3, 0.4) is 0 Å². The van der Waals surface area contributed by atoms with Crippen LogP contribution in [-0.2, 0) is 13.0 Å². The number of carbonyl (C=O) groups excluding carboxylic acids is 1. The van der Waals surface area contributed by atoms with Crippen molar-refractivity contribution < 1.29 is 4.79 Å². The van der Waals surface area contributed by atoms with Crippen LogP contribution in [0.25, 0.3) is 10.9 Å². The number of benzene rings is 1. The van der Waals surface area contributed by atoms with E-state index in [9.17, 15) is 4.79 Å². The molecule has 0 saturated carbocycles. The molecule has 0 aliphatic carbocycles. The summed E-state index contributed by atoms with van der Waals surface area (Å²) in [5, 5.41) is 4.28. The Kier molecular flexibility index (Phi) is 3.17. The van der Waals surface area contributed by atoms with Gasteiger partial charge < -0.3 is 4.57 Å². The SMILES string of the molecule is CCc1nc(Cn2ccc3c(C=O)cccc32)cs1. The number of hydrogen-bond donors (Lipinski definition) is 0. The number of rotatable bonds is 4. The van der Waals surface area contributed by atoms with Gasteiger partial charge in [0.05, 0.1) is 17.2 Å². The molecule has 0 atom stereocenters. The van der Waals surface area contributed by atoms with Crippen molar-refractivity contribution in [3.05, 3.63) is 52.1 Å². The lowest BCUT2D eigenvalue weighted by atomic mass is 10.1. The number of carbonyl (C=O) groups is 1. The van der Waals surface area contributed by atoms with Crippen LogP contribution in [0.4, 0.5) is 0 Å². The molecule has 4 heteroatoms. The minimum Gasteiger partial charge on any atom is -0.341 e. The van der Waals surface area contributed by atoms with Crippen molar-refractivity contribution in [3.63, 3.8) is 0 Å². The number of aromatic nitrogens is 2.